The highest BCUT2D eigenvalue weighted by Crippen LogP contribution is 2.26. The predicted octanol–water partition coefficient (Wildman–Crippen LogP) is 2.35. The van der Waals surface area contributed by atoms with Gasteiger partial charge in [0.2, 0.25) is 0 Å². The van der Waals surface area contributed by atoms with E-state index in [1.165, 1.54) is 0 Å². The second kappa shape index (κ2) is 4.63. The van der Waals surface area contributed by atoms with Crippen molar-refractivity contribution in [2.75, 3.05) is 6.54 Å². The largest absolute Gasteiger partial charge is 0.508 e. The van der Waals surface area contributed by atoms with Crippen molar-refractivity contribution in [1.82, 2.24) is 0 Å². The molecule has 0 saturated carbocycles. The number of benzene rings is 1. The summed E-state index contributed by atoms with van der Waals surface area (Å²) >= 11 is 3.43. The fourth-order valence-electron chi connectivity index (χ4n) is 1.20. The molecule has 0 radical (unpaired) electrons. The highest BCUT2D eigenvalue weighted by molar-refractivity contribution is 9.10. The number of hydrogen-bond acceptors (Lipinski definition) is 2. The maximum absolute atomic E-state index is 9.58. The molecule has 2 nitrogen and oxygen atoms in total. The monoisotopic (exact) mass is 243 g/mol. The van der Waals surface area contributed by atoms with Gasteiger partial charge >= 0.3 is 0 Å². The Labute approximate surface area is 86.9 Å². The van der Waals surface area contributed by atoms with E-state index >= 15 is 0 Å². The minimum Gasteiger partial charge on any atom is -0.508 e. The lowest BCUT2D eigenvalue weighted by Crippen LogP contribution is -2.00. The molecule has 1 rings (SSSR count). The first-order valence-corrected chi connectivity index (χ1v) is 5.12. The molecule has 0 spiro atoms. The van der Waals surface area contributed by atoms with Gasteiger partial charge in [0.1, 0.15) is 5.75 Å². The van der Waals surface area contributed by atoms with Crippen LogP contribution in [-0.2, 0) is 6.42 Å². The van der Waals surface area contributed by atoms with Crippen LogP contribution in [0, 0.1) is 6.92 Å². The Morgan fingerprint density at radius 3 is 2.77 bits per heavy atom. The van der Waals surface area contributed by atoms with Gasteiger partial charge in [0.05, 0.1) is 0 Å². The van der Waals surface area contributed by atoms with Crippen molar-refractivity contribution in [2.45, 2.75) is 19.8 Å². The van der Waals surface area contributed by atoms with E-state index in [0.717, 1.165) is 28.4 Å². The zero-order valence-electron chi connectivity index (χ0n) is 7.68. The van der Waals surface area contributed by atoms with Gasteiger partial charge in [-0.25, -0.2) is 0 Å². The van der Waals surface area contributed by atoms with Crippen LogP contribution in [0.4, 0.5) is 0 Å². The number of hydrogen-bond donors (Lipinski definition) is 2. The lowest BCUT2D eigenvalue weighted by atomic mass is 10.1. The van der Waals surface area contributed by atoms with Crippen molar-refractivity contribution in [3.8, 4) is 5.75 Å². The Balaban J connectivity index is 2.88. The van der Waals surface area contributed by atoms with Gasteiger partial charge in [-0.15, -0.1) is 0 Å². The smallest absolute Gasteiger partial charge is 0.119 e. The molecule has 3 N–H and O–H groups in total. The third-order valence-corrected chi connectivity index (χ3v) is 2.86. The predicted molar refractivity (Wildman–Crippen MR) is 57.9 cm³/mol. The number of rotatable bonds is 3. The molecular weight excluding hydrogens is 230 g/mol. The zero-order valence-corrected chi connectivity index (χ0v) is 9.26. The second-order valence-electron chi connectivity index (χ2n) is 3.12. The summed E-state index contributed by atoms with van der Waals surface area (Å²) in [5, 5.41) is 9.58. The van der Waals surface area contributed by atoms with Crippen molar-refractivity contribution in [3.05, 3.63) is 27.7 Å². The number of aryl methyl sites for hydroxylation is 2. The molecule has 13 heavy (non-hydrogen) atoms. The topological polar surface area (TPSA) is 46.2 Å². The lowest BCUT2D eigenvalue weighted by molar-refractivity contribution is 0.466. The van der Waals surface area contributed by atoms with Crippen molar-refractivity contribution in [3.63, 3.8) is 0 Å². The van der Waals surface area contributed by atoms with Gasteiger partial charge in [-0.1, -0.05) is 15.9 Å². The van der Waals surface area contributed by atoms with Crippen LogP contribution in [0.25, 0.3) is 0 Å². The third kappa shape index (κ3) is 2.71. The molecule has 0 aliphatic rings. The summed E-state index contributed by atoms with van der Waals surface area (Å²) < 4.78 is 1.04. The average Bonchev–Trinajstić information content (AvgIpc) is 2.09. The first-order chi connectivity index (χ1) is 6.15. The van der Waals surface area contributed by atoms with Gasteiger partial charge < -0.3 is 10.8 Å². The van der Waals surface area contributed by atoms with Gasteiger partial charge in [-0.3, -0.25) is 0 Å². The van der Waals surface area contributed by atoms with Crippen LogP contribution in [0.3, 0.4) is 0 Å². The molecule has 1 aromatic carbocycles. The van der Waals surface area contributed by atoms with Gasteiger partial charge in [0, 0.05) is 4.47 Å². The summed E-state index contributed by atoms with van der Waals surface area (Å²) in [7, 11) is 0. The van der Waals surface area contributed by atoms with Gasteiger partial charge in [-0.05, 0) is 49.6 Å². The van der Waals surface area contributed by atoms with Crippen molar-refractivity contribution in [1.29, 1.82) is 0 Å². The first-order valence-electron chi connectivity index (χ1n) is 4.33. The molecule has 1 aromatic rings. The van der Waals surface area contributed by atoms with Crippen LogP contribution >= 0.6 is 15.9 Å². The molecule has 0 unspecified atom stereocenters. The van der Waals surface area contributed by atoms with E-state index in [9.17, 15) is 5.11 Å². The standard InChI is InChI=1S/C10H14BrNO/c1-7-5-10(13)8(3-2-4-12)6-9(7)11/h5-6,13H,2-4,12H2,1H3. The Kier molecular flexibility index (Phi) is 3.75. The van der Waals surface area contributed by atoms with Crippen LogP contribution in [-0.4, -0.2) is 11.7 Å². The van der Waals surface area contributed by atoms with E-state index in [-0.39, 0.29) is 0 Å². The van der Waals surface area contributed by atoms with E-state index in [2.05, 4.69) is 15.9 Å². The Morgan fingerprint density at radius 1 is 1.46 bits per heavy atom. The van der Waals surface area contributed by atoms with E-state index < -0.39 is 0 Å². The normalized spacial score (nSPS) is 10.4. The summed E-state index contributed by atoms with van der Waals surface area (Å²) in [4.78, 5) is 0. The molecule has 0 amide bonds. The molecule has 0 fully saturated rings. The summed E-state index contributed by atoms with van der Waals surface area (Å²) in [5.41, 5.74) is 7.41. The average molecular weight is 244 g/mol. The zero-order chi connectivity index (χ0) is 9.84. The minimum absolute atomic E-state index is 0.370. The molecule has 3 heteroatoms. The Morgan fingerprint density at radius 2 is 2.15 bits per heavy atom. The maximum Gasteiger partial charge on any atom is 0.119 e. The van der Waals surface area contributed by atoms with Crippen LogP contribution in [0.1, 0.15) is 17.5 Å². The summed E-state index contributed by atoms with van der Waals surface area (Å²) in [5.74, 6) is 0.370. The van der Waals surface area contributed by atoms with Crippen LogP contribution in [0.2, 0.25) is 0 Å². The summed E-state index contributed by atoms with van der Waals surface area (Å²) in [6.45, 7) is 2.61. The maximum atomic E-state index is 9.58. The van der Waals surface area contributed by atoms with E-state index in [4.69, 9.17) is 5.73 Å². The quantitative estimate of drug-likeness (QED) is 0.857. The van der Waals surface area contributed by atoms with Crippen LogP contribution in [0.15, 0.2) is 16.6 Å². The molecule has 0 heterocycles. The number of aromatic hydroxyl groups is 1. The lowest BCUT2D eigenvalue weighted by Gasteiger charge is -2.06. The first kappa shape index (κ1) is 10.5. The molecule has 0 bridgehead atoms. The van der Waals surface area contributed by atoms with Crippen LogP contribution < -0.4 is 5.73 Å². The fourth-order valence-corrected chi connectivity index (χ4v) is 1.59. The molecule has 0 saturated heterocycles. The Bertz CT molecular complexity index is 299. The molecule has 72 valence electrons. The van der Waals surface area contributed by atoms with Crippen LogP contribution in [0.5, 0.6) is 5.75 Å². The Hall–Kier alpha value is -0.540. The fraction of sp³-hybridized carbons (Fsp3) is 0.400. The molecule has 0 aliphatic heterocycles. The summed E-state index contributed by atoms with van der Waals surface area (Å²) in [6, 6.07) is 3.73. The number of phenols is 1. The third-order valence-electron chi connectivity index (χ3n) is 2.01. The van der Waals surface area contributed by atoms with E-state index in [1.54, 1.807) is 6.07 Å². The molecular formula is C10H14BrNO. The molecule has 0 aliphatic carbocycles. The minimum atomic E-state index is 0.370. The number of nitrogens with two attached hydrogens (primary N) is 1. The highest BCUT2D eigenvalue weighted by Gasteiger charge is 2.03. The number of halogens is 1. The SMILES string of the molecule is Cc1cc(O)c(CCCN)cc1Br. The molecule has 0 atom stereocenters. The second-order valence-corrected chi connectivity index (χ2v) is 3.98. The van der Waals surface area contributed by atoms with Gasteiger partial charge in [0.25, 0.3) is 0 Å². The number of phenolic OH excluding ortho intramolecular Hbond substituents is 1. The highest BCUT2D eigenvalue weighted by atomic mass is 79.9. The van der Waals surface area contributed by atoms with Gasteiger partial charge in [0.15, 0.2) is 0 Å². The van der Waals surface area contributed by atoms with Crippen molar-refractivity contribution in [2.24, 2.45) is 5.73 Å². The van der Waals surface area contributed by atoms with E-state index in [1.807, 2.05) is 13.0 Å². The van der Waals surface area contributed by atoms with Gasteiger partial charge in [-0.2, -0.15) is 0 Å². The van der Waals surface area contributed by atoms with Crippen molar-refractivity contribution >= 4 is 15.9 Å². The van der Waals surface area contributed by atoms with E-state index in [0.29, 0.717) is 12.3 Å². The summed E-state index contributed by atoms with van der Waals surface area (Å²) in [6.07, 6.45) is 1.74. The van der Waals surface area contributed by atoms with Crippen molar-refractivity contribution < 1.29 is 5.11 Å². The molecule has 0 aromatic heterocycles.